The molecule has 4 heteroatoms. The normalized spacial score (nSPS) is 31.6. The molecule has 2 heterocycles. The molecule has 3 fully saturated rings. The Morgan fingerprint density at radius 2 is 1.86 bits per heavy atom. The molecular weight excluding hydrogens is 274 g/mol. The highest BCUT2D eigenvalue weighted by molar-refractivity contribution is 5.02. The van der Waals surface area contributed by atoms with E-state index in [9.17, 15) is 0 Å². The van der Waals surface area contributed by atoms with Gasteiger partial charge in [-0.3, -0.25) is 4.90 Å². The highest BCUT2D eigenvalue weighted by atomic mass is 16.5. The number of morpholine rings is 1. The zero-order chi connectivity index (χ0) is 15.4. The van der Waals surface area contributed by atoms with Gasteiger partial charge >= 0.3 is 0 Å². The topological polar surface area (TPSA) is 27.7 Å². The molecule has 2 saturated heterocycles. The van der Waals surface area contributed by atoms with Crippen LogP contribution in [0.15, 0.2) is 0 Å². The molecule has 1 N–H and O–H groups in total. The Morgan fingerprint density at radius 3 is 2.50 bits per heavy atom. The van der Waals surface area contributed by atoms with Gasteiger partial charge in [0.05, 0.1) is 13.2 Å². The van der Waals surface area contributed by atoms with Crippen molar-refractivity contribution in [1.82, 2.24) is 15.1 Å². The smallest absolute Gasteiger partial charge is 0.0594 e. The van der Waals surface area contributed by atoms with E-state index in [2.05, 4.69) is 29.1 Å². The number of nitrogens with one attached hydrogen (secondary N) is 1. The number of nitrogens with zero attached hydrogens (tertiary/aromatic N) is 2. The third kappa shape index (κ3) is 3.50. The van der Waals surface area contributed by atoms with E-state index in [0.29, 0.717) is 11.6 Å². The van der Waals surface area contributed by atoms with Gasteiger partial charge in [0.1, 0.15) is 0 Å². The Bertz CT molecular complexity index is 337. The van der Waals surface area contributed by atoms with E-state index < -0.39 is 0 Å². The lowest BCUT2D eigenvalue weighted by atomic mass is 9.86. The third-order valence-corrected chi connectivity index (χ3v) is 6.52. The van der Waals surface area contributed by atoms with Crippen LogP contribution in [0.5, 0.6) is 0 Å². The second kappa shape index (κ2) is 7.61. The molecule has 3 aliphatic rings. The van der Waals surface area contributed by atoms with E-state index in [0.717, 1.165) is 32.3 Å². The maximum Gasteiger partial charge on any atom is 0.0594 e. The first kappa shape index (κ1) is 16.7. The van der Waals surface area contributed by atoms with Gasteiger partial charge in [-0.05, 0) is 59.2 Å². The summed E-state index contributed by atoms with van der Waals surface area (Å²) in [6.45, 7) is 8.97. The van der Waals surface area contributed by atoms with Crippen LogP contribution in [0.4, 0.5) is 0 Å². The van der Waals surface area contributed by atoms with Crippen molar-refractivity contribution < 1.29 is 4.74 Å². The average molecular weight is 309 g/mol. The molecule has 0 aromatic carbocycles. The van der Waals surface area contributed by atoms with Gasteiger partial charge in [0.25, 0.3) is 0 Å². The molecule has 1 saturated carbocycles. The van der Waals surface area contributed by atoms with Crippen LogP contribution in [0.2, 0.25) is 0 Å². The zero-order valence-corrected chi connectivity index (χ0v) is 14.6. The fourth-order valence-corrected chi connectivity index (χ4v) is 5.02. The van der Waals surface area contributed by atoms with Gasteiger partial charge in [-0.1, -0.05) is 12.8 Å². The van der Waals surface area contributed by atoms with Crippen molar-refractivity contribution in [2.45, 2.75) is 69.5 Å². The van der Waals surface area contributed by atoms with Crippen LogP contribution in [-0.2, 0) is 4.74 Å². The molecule has 0 amide bonds. The van der Waals surface area contributed by atoms with Crippen molar-refractivity contribution in [1.29, 1.82) is 0 Å². The Hall–Kier alpha value is -0.160. The van der Waals surface area contributed by atoms with Crippen LogP contribution < -0.4 is 5.32 Å². The molecule has 3 rings (SSSR count). The quantitative estimate of drug-likeness (QED) is 0.813. The summed E-state index contributed by atoms with van der Waals surface area (Å²) >= 11 is 0. The lowest BCUT2D eigenvalue weighted by Gasteiger charge is -2.47. The van der Waals surface area contributed by atoms with E-state index >= 15 is 0 Å². The van der Waals surface area contributed by atoms with Crippen LogP contribution in [0.3, 0.4) is 0 Å². The first-order valence-corrected chi connectivity index (χ1v) is 9.49. The molecule has 0 bridgehead atoms. The van der Waals surface area contributed by atoms with Crippen molar-refractivity contribution in [2.75, 3.05) is 46.4 Å². The Balaban J connectivity index is 1.52. The number of ether oxygens (including phenoxy) is 1. The standard InChI is InChI=1S/C18H35N3O/c1-16(19-10-7-17-6-5-11-20(17)2)18(8-3-4-9-18)21-12-14-22-15-13-21/h16-17,19H,3-15H2,1-2H3/t16-,17+/m1/s1. The average Bonchev–Trinajstić information content (AvgIpc) is 3.19. The Kier molecular flexibility index (Phi) is 5.77. The number of hydrogen-bond acceptors (Lipinski definition) is 4. The van der Waals surface area contributed by atoms with E-state index in [-0.39, 0.29) is 0 Å². The predicted molar refractivity (Wildman–Crippen MR) is 91.3 cm³/mol. The van der Waals surface area contributed by atoms with Gasteiger partial charge in [-0.25, -0.2) is 0 Å². The van der Waals surface area contributed by atoms with Gasteiger partial charge < -0.3 is 15.0 Å². The number of rotatable bonds is 6. The van der Waals surface area contributed by atoms with Crippen molar-refractivity contribution >= 4 is 0 Å². The summed E-state index contributed by atoms with van der Waals surface area (Å²) in [5.74, 6) is 0. The van der Waals surface area contributed by atoms with Gasteiger partial charge in [0, 0.05) is 30.7 Å². The molecule has 0 unspecified atom stereocenters. The molecule has 2 aliphatic heterocycles. The minimum atomic E-state index is 0.394. The monoisotopic (exact) mass is 309 g/mol. The second-order valence-electron chi connectivity index (χ2n) is 7.65. The highest BCUT2D eigenvalue weighted by Crippen LogP contribution is 2.38. The van der Waals surface area contributed by atoms with Crippen LogP contribution in [0.1, 0.15) is 51.9 Å². The van der Waals surface area contributed by atoms with Crippen molar-refractivity contribution in [3.05, 3.63) is 0 Å². The van der Waals surface area contributed by atoms with E-state index in [4.69, 9.17) is 4.74 Å². The molecule has 1 aliphatic carbocycles. The predicted octanol–water partition coefficient (Wildman–Crippen LogP) is 2.09. The number of hydrogen-bond donors (Lipinski definition) is 1. The fraction of sp³-hybridized carbons (Fsp3) is 1.00. The second-order valence-corrected chi connectivity index (χ2v) is 7.65. The summed E-state index contributed by atoms with van der Waals surface area (Å²) < 4.78 is 5.58. The molecule has 2 atom stereocenters. The summed E-state index contributed by atoms with van der Waals surface area (Å²) in [5.41, 5.74) is 0.394. The number of likely N-dealkylation sites (tertiary alicyclic amines) is 1. The highest BCUT2D eigenvalue weighted by Gasteiger charge is 2.44. The molecule has 0 radical (unpaired) electrons. The van der Waals surface area contributed by atoms with Gasteiger partial charge in [-0.2, -0.15) is 0 Å². The molecule has 22 heavy (non-hydrogen) atoms. The van der Waals surface area contributed by atoms with Gasteiger partial charge in [-0.15, -0.1) is 0 Å². The largest absolute Gasteiger partial charge is 0.379 e. The van der Waals surface area contributed by atoms with Crippen molar-refractivity contribution in [2.24, 2.45) is 0 Å². The van der Waals surface area contributed by atoms with E-state index in [1.807, 2.05) is 0 Å². The zero-order valence-electron chi connectivity index (χ0n) is 14.6. The van der Waals surface area contributed by atoms with E-state index in [1.54, 1.807) is 0 Å². The Morgan fingerprint density at radius 1 is 1.14 bits per heavy atom. The fourth-order valence-electron chi connectivity index (χ4n) is 5.02. The van der Waals surface area contributed by atoms with Crippen LogP contribution >= 0.6 is 0 Å². The summed E-state index contributed by atoms with van der Waals surface area (Å²) in [7, 11) is 2.29. The molecule has 0 spiro atoms. The molecule has 0 aromatic heterocycles. The maximum atomic E-state index is 5.58. The summed E-state index contributed by atoms with van der Waals surface area (Å²) in [4.78, 5) is 5.28. The van der Waals surface area contributed by atoms with Gasteiger partial charge in [0.2, 0.25) is 0 Å². The van der Waals surface area contributed by atoms with E-state index in [1.165, 1.54) is 58.0 Å². The minimum absolute atomic E-state index is 0.394. The van der Waals surface area contributed by atoms with Crippen LogP contribution in [-0.4, -0.2) is 73.9 Å². The summed E-state index contributed by atoms with van der Waals surface area (Å²) in [6, 6.07) is 1.41. The molecular formula is C18H35N3O. The molecule has 128 valence electrons. The van der Waals surface area contributed by atoms with Crippen molar-refractivity contribution in [3.63, 3.8) is 0 Å². The maximum absolute atomic E-state index is 5.58. The SMILES string of the molecule is C[C@@H](NCC[C@@H]1CCCN1C)C1(N2CCOCC2)CCCC1. The lowest BCUT2D eigenvalue weighted by Crippen LogP contribution is -2.61. The third-order valence-electron chi connectivity index (χ3n) is 6.52. The molecule has 0 aromatic rings. The summed E-state index contributed by atoms with van der Waals surface area (Å²) in [5, 5.41) is 3.90. The van der Waals surface area contributed by atoms with Crippen LogP contribution in [0, 0.1) is 0 Å². The van der Waals surface area contributed by atoms with Gasteiger partial charge in [0.15, 0.2) is 0 Å². The first-order chi connectivity index (χ1) is 10.7. The first-order valence-electron chi connectivity index (χ1n) is 9.49. The molecule has 4 nitrogen and oxygen atoms in total. The van der Waals surface area contributed by atoms with Crippen molar-refractivity contribution in [3.8, 4) is 0 Å². The lowest BCUT2D eigenvalue weighted by molar-refractivity contribution is -0.0333. The Labute approximate surface area is 136 Å². The summed E-state index contributed by atoms with van der Waals surface area (Å²) in [6.07, 6.45) is 9.61. The van der Waals surface area contributed by atoms with Crippen LogP contribution in [0.25, 0.3) is 0 Å². The minimum Gasteiger partial charge on any atom is -0.379 e.